The number of rotatable bonds is 46. The Morgan fingerprint density at radius 2 is 0.970 bits per heavy atom. The highest BCUT2D eigenvalue weighted by Gasteiger charge is 2.30. The number of allylic oxidation sites excluding steroid dienone is 15. The highest BCUT2D eigenvalue weighted by atomic mass is 31.2. The molecule has 0 aromatic heterocycles. The third-order valence-corrected chi connectivity index (χ3v) is 12.2. The van der Waals surface area contributed by atoms with Crippen molar-refractivity contribution in [2.45, 2.75) is 213 Å². The number of hydrogen-bond donors (Lipinski definition) is 2. The van der Waals surface area contributed by atoms with E-state index in [2.05, 4.69) is 50.4 Å². The van der Waals surface area contributed by atoms with Gasteiger partial charge in [0.1, 0.15) is 19.3 Å². The molecular weight excluding hydrogens is 856 g/mol. The predicted octanol–water partition coefficient (Wildman–Crippen LogP) is 15.7. The summed E-state index contributed by atoms with van der Waals surface area (Å²) in [7, 11) is 1.44. The normalized spacial score (nSPS) is 14.7. The zero-order valence-corrected chi connectivity index (χ0v) is 44.5. The van der Waals surface area contributed by atoms with Crippen LogP contribution in [-0.4, -0.2) is 74.3 Å². The quantitative estimate of drug-likeness (QED) is 0.0156. The van der Waals surface area contributed by atoms with Crippen molar-refractivity contribution in [3.8, 4) is 0 Å². The summed E-state index contributed by atoms with van der Waals surface area (Å²) in [5.41, 5.74) is 0. The summed E-state index contributed by atoms with van der Waals surface area (Å²) in [5, 5.41) is 3.01. The molecule has 10 heteroatoms. The van der Waals surface area contributed by atoms with Crippen LogP contribution in [0.15, 0.2) is 97.2 Å². The lowest BCUT2D eigenvalue weighted by Crippen LogP contribution is -2.47. The Hall–Kier alpha value is -3.07. The first-order valence-electron chi connectivity index (χ1n) is 26.6. The van der Waals surface area contributed by atoms with Crippen LogP contribution < -0.4 is 5.32 Å². The van der Waals surface area contributed by atoms with E-state index < -0.39 is 20.0 Å². The molecule has 0 aromatic rings. The standard InChI is InChI=1S/C57H99N2O7P/c1-7-10-13-16-19-22-25-27-28-29-30-32-34-37-40-43-46-49-56(60)58-54(53-65-67(62,63)64-52-51-59(4,5)6)55(48-45-42-39-36-33-24-21-18-15-12-9-3)66-57(61)50-47-44-41-38-35-31-26-23-20-17-14-11-8-2/h10,13,16,19,22,25,27-32,34-35,45,48,54-55H,7-9,11-12,14-15,17-18,20-21,23-24,26,33,36-44,46-47,49-53H2,1-6H3,(H-,58,60,62,63)/p+1/b13-10-,19-16+,25-22+,28-27-,30-29+,34-32+,35-31-,48-45-. The minimum atomic E-state index is -4.46. The molecule has 3 atom stereocenters. The van der Waals surface area contributed by atoms with E-state index in [9.17, 15) is 19.0 Å². The number of quaternary nitrogens is 1. The van der Waals surface area contributed by atoms with Crippen LogP contribution in [0.1, 0.15) is 201 Å². The van der Waals surface area contributed by atoms with Crippen molar-refractivity contribution in [1.82, 2.24) is 5.32 Å². The van der Waals surface area contributed by atoms with Crippen LogP contribution in [-0.2, 0) is 27.9 Å². The lowest BCUT2D eigenvalue weighted by molar-refractivity contribution is -0.870. The number of ether oxygens (including phenoxy) is 1. The summed E-state index contributed by atoms with van der Waals surface area (Å²) >= 11 is 0. The fourth-order valence-corrected chi connectivity index (χ4v) is 7.76. The second-order valence-electron chi connectivity index (χ2n) is 18.8. The lowest BCUT2D eigenvalue weighted by atomic mass is 10.1. The fourth-order valence-electron chi connectivity index (χ4n) is 7.02. The fraction of sp³-hybridized carbons (Fsp3) is 0.684. The Morgan fingerprint density at radius 3 is 1.48 bits per heavy atom. The zero-order valence-electron chi connectivity index (χ0n) is 43.6. The topological polar surface area (TPSA) is 111 Å². The van der Waals surface area contributed by atoms with E-state index in [4.69, 9.17) is 13.8 Å². The van der Waals surface area contributed by atoms with Crippen molar-refractivity contribution < 1.29 is 37.3 Å². The van der Waals surface area contributed by atoms with Crippen molar-refractivity contribution in [2.24, 2.45) is 0 Å². The summed E-state index contributed by atoms with van der Waals surface area (Å²) in [6.07, 6.45) is 61.2. The number of unbranched alkanes of at least 4 members (excludes halogenated alkanes) is 21. The van der Waals surface area contributed by atoms with Crippen LogP contribution >= 0.6 is 7.82 Å². The highest BCUT2D eigenvalue weighted by Crippen LogP contribution is 2.43. The number of nitrogens with one attached hydrogen (secondary N) is 1. The maximum Gasteiger partial charge on any atom is 0.472 e. The van der Waals surface area contributed by atoms with Crippen molar-refractivity contribution in [2.75, 3.05) is 40.9 Å². The summed E-state index contributed by atoms with van der Waals surface area (Å²) in [4.78, 5) is 37.4. The molecule has 9 nitrogen and oxygen atoms in total. The number of carbonyl (C=O) groups is 2. The molecule has 0 saturated carbocycles. The third kappa shape index (κ3) is 47.8. The minimum Gasteiger partial charge on any atom is -0.456 e. The van der Waals surface area contributed by atoms with Gasteiger partial charge in [-0.25, -0.2) is 4.57 Å². The van der Waals surface area contributed by atoms with Crippen LogP contribution in [0.5, 0.6) is 0 Å². The molecule has 3 unspecified atom stereocenters. The molecule has 0 fully saturated rings. The van der Waals surface area contributed by atoms with Crippen molar-refractivity contribution in [3.05, 3.63) is 97.2 Å². The molecule has 0 aliphatic heterocycles. The number of phosphoric acid groups is 1. The Balaban J connectivity index is 5.52. The number of hydrogen-bond acceptors (Lipinski definition) is 6. The predicted molar refractivity (Wildman–Crippen MR) is 286 cm³/mol. The van der Waals surface area contributed by atoms with Gasteiger partial charge in [-0.15, -0.1) is 0 Å². The third-order valence-electron chi connectivity index (χ3n) is 11.2. The molecule has 0 bridgehead atoms. The van der Waals surface area contributed by atoms with E-state index in [-0.39, 0.29) is 37.9 Å². The largest absolute Gasteiger partial charge is 0.472 e. The first-order valence-corrected chi connectivity index (χ1v) is 28.1. The van der Waals surface area contributed by atoms with Gasteiger partial charge < -0.3 is 19.4 Å². The molecule has 0 rings (SSSR count). The van der Waals surface area contributed by atoms with E-state index in [1.807, 2.05) is 94.1 Å². The molecule has 0 aliphatic carbocycles. The number of amides is 1. The molecule has 2 N–H and O–H groups in total. The molecular formula is C57H100N2O7P+. The van der Waals surface area contributed by atoms with E-state index in [0.29, 0.717) is 23.9 Å². The van der Waals surface area contributed by atoms with Gasteiger partial charge in [0.25, 0.3) is 0 Å². The van der Waals surface area contributed by atoms with E-state index >= 15 is 0 Å². The monoisotopic (exact) mass is 956 g/mol. The van der Waals surface area contributed by atoms with Crippen molar-refractivity contribution in [3.63, 3.8) is 0 Å². The first-order chi connectivity index (χ1) is 32.4. The molecule has 0 aromatic carbocycles. The van der Waals surface area contributed by atoms with E-state index in [1.54, 1.807) is 0 Å². The molecule has 67 heavy (non-hydrogen) atoms. The van der Waals surface area contributed by atoms with Crippen molar-refractivity contribution in [1.29, 1.82) is 0 Å². The number of likely N-dealkylation sites (N-methyl/N-ethyl adjacent to an activating group) is 1. The highest BCUT2D eigenvalue weighted by molar-refractivity contribution is 7.47. The number of phosphoric ester groups is 1. The molecule has 0 radical (unpaired) electrons. The second-order valence-corrected chi connectivity index (χ2v) is 20.3. The Bertz CT molecular complexity index is 1470. The summed E-state index contributed by atoms with van der Waals surface area (Å²) in [5.74, 6) is -0.585. The van der Waals surface area contributed by atoms with Crippen LogP contribution in [0.4, 0.5) is 0 Å². The maximum absolute atomic E-state index is 13.4. The van der Waals surface area contributed by atoms with Crippen LogP contribution in [0.25, 0.3) is 0 Å². The molecule has 0 heterocycles. The molecule has 1 amide bonds. The average molecular weight is 956 g/mol. The first kappa shape index (κ1) is 63.9. The summed E-state index contributed by atoms with van der Waals surface area (Å²) in [6.45, 7) is 6.77. The summed E-state index contributed by atoms with van der Waals surface area (Å²) in [6, 6.07) is -0.881. The van der Waals surface area contributed by atoms with Crippen molar-refractivity contribution >= 4 is 19.7 Å². The number of nitrogens with zero attached hydrogens (tertiary/aromatic N) is 1. The lowest BCUT2D eigenvalue weighted by Gasteiger charge is -2.27. The summed E-state index contributed by atoms with van der Waals surface area (Å²) < 4.78 is 30.5. The van der Waals surface area contributed by atoms with Gasteiger partial charge in [-0.05, 0) is 76.7 Å². The molecule has 0 aliphatic rings. The Kier molecular flexibility index (Phi) is 44.5. The van der Waals surface area contributed by atoms with Gasteiger partial charge in [-0.3, -0.25) is 18.6 Å². The van der Waals surface area contributed by atoms with Gasteiger partial charge >= 0.3 is 13.8 Å². The average Bonchev–Trinajstić information content (AvgIpc) is 3.28. The zero-order chi connectivity index (χ0) is 49.4. The van der Waals surface area contributed by atoms with E-state index in [0.717, 1.165) is 70.6 Å². The smallest absolute Gasteiger partial charge is 0.456 e. The van der Waals surface area contributed by atoms with Crippen LogP contribution in [0.2, 0.25) is 0 Å². The van der Waals surface area contributed by atoms with Gasteiger partial charge in [-0.1, -0.05) is 208 Å². The maximum atomic E-state index is 13.4. The molecule has 0 spiro atoms. The number of esters is 1. The molecule has 0 saturated heterocycles. The number of carbonyl (C=O) groups excluding carboxylic acids is 2. The van der Waals surface area contributed by atoms with Gasteiger partial charge in [0.05, 0.1) is 33.8 Å². The molecule has 384 valence electrons. The van der Waals surface area contributed by atoms with Gasteiger partial charge in [0.2, 0.25) is 5.91 Å². The van der Waals surface area contributed by atoms with Crippen LogP contribution in [0, 0.1) is 0 Å². The Labute approximate surface area is 411 Å². The van der Waals surface area contributed by atoms with Gasteiger partial charge in [0, 0.05) is 12.8 Å². The van der Waals surface area contributed by atoms with Crippen LogP contribution in [0.3, 0.4) is 0 Å². The SMILES string of the molecule is CC\C=C/C=C/C=C/C=C\C=C\C=C\CCCCCC(=O)NC(COP(=O)(O)OCC[N+](C)(C)C)C(/C=C\CCCCCCCCCCC)OC(=O)CCCCC/C=C\CCCCCCCC. The Morgan fingerprint density at radius 1 is 0.537 bits per heavy atom. The van der Waals surface area contributed by atoms with E-state index in [1.165, 1.54) is 83.5 Å². The van der Waals surface area contributed by atoms with Gasteiger partial charge in [0.15, 0.2) is 0 Å². The minimum absolute atomic E-state index is 0.0238. The second kappa shape index (κ2) is 46.6. The van der Waals surface area contributed by atoms with Gasteiger partial charge in [-0.2, -0.15) is 0 Å².